The van der Waals surface area contributed by atoms with Gasteiger partial charge in [-0.2, -0.15) is 9.57 Å². The van der Waals surface area contributed by atoms with Gasteiger partial charge in [0.15, 0.2) is 11.6 Å². The number of para-hydroxylation sites is 2. The standard InChI is InChI=1S/C22H22N4O5S/c1-3-26(4-2)32(29,30)16-11-9-15(10-12-16)22(28)31-14-20(27)17(13-23)21-24-18-7-5-6-8-19(18)25-21/h5-12,27H,3-4,14H2,1-2H3,(H,24,25). The van der Waals surface area contributed by atoms with Gasteiger partial charge in [-0.15, -0.1) is 0 Å². The van der Waals surface area contributed by atoms with E-state index in [2.05, 4.69) is 9.97 Å². The molecule has 32 heavy (non-hydrogen) atoms. The summed E-state index contributed by atoms with van der Waals surface area (Å²) in [5, 5.41) is 19.7. The number of aliphatic hydroxyl groups excluding tert-OH is 1. The fourth-order valence-electron chi connectivity index (χ4n) is 3.09. The summed E-state index contributed by atoms with van der Waals surface area (Å²) in [6.45, 7) is 3.61. The lowest BCUT2D eigenvalue weighted by Gasteiger charge is -2.18. The molecule has 0 aliphatic rings. The van der Waals surface area contributed by atoms with Crippen molar-refractivity contribution in [1.82, 2.24) is 14.3 Å². The molecule has 2 aromatic carbocycles. The number of aromatic amines is 1. The second-order valence-corrected chi connectivity index (χ2v) is 8.66. The molecule has 0 saturated carbocycles. The number of esters is 1. The maximum atomic E-state index is 12.5. The molecular formula is C22H22N4O5S. The molecule has 0 amide bonds. The van der Waals surface area contributed by atoms with E-state index in [0.29, 0.717) is 24.1 Å². The van der Waals surface area contributed by atoms with Crippen LogP contribution in [0.1, 0.15) is 30.0 Å². The summed E-state index contributed by atoms with van der Waals surface area (Å²) in [6, 6.07) is 14.3. The van der Waals surface area contributed by atoms with Crippen LogP contribution in [0.15, 0.2) is 59.2 Å². The zero-order valence-corrected chi connectivity index (χ0v) is 18.4. The molecule has 2 N–H and O–H groups in total. The maximum Gasteiger partial charge on any atom is 0.338 e. The van der Waals surface area contributed by atoms with Crippen molar-refractivity contribution in [1.29, 1.82) is 5.26 Å². The highest BCUT2D eigenvalue weighted by Crippen LogP contribution is 2.20. The van der Waals surface area contributed by atoms with Crippen molar-refractivity contribution in [2.24, 2.45) is 0 Å². The molecule has 3 rings (SSSR count). The van der Waals surface area contributed by atoms with E-state index in [1.54, 1.807) is 38.1 Å². The van der Waals surface area contributed by atoms with Gasteiger partial charge in [0.25, 0.3) is 0 Å². The number of aromatic nitrogens is 2. The number of sulfonamides is 1. The normalized spacial score (nSPS) is 12.4. The third kappa shape index (κ3) is 4.64. The third-order valence-electron chi connectivity index (χ3n) is 4.80. The van der Waals surface area contributed by atoms with Gasteiger partial charge in [-0.3, -0.25) is 0 Å². The molecule has 3 aromatic rings. The van der Waals surface area contributed by atoms with Gasteiger partial charge in [-0.25, -0.2) is 18.2 Å². The lowest BCUT2D eigenvalue weighted by molar-refractivity contribution is 0.0502. The van der Waals surface area contributed by atoms with Crippen LogP contribution in [0.5, 0.6) is 0 Å². The van der Waals surface area contributed by atoms with Crippen LogP contribution in [-0.2, 0) is 14.8 Å². The number of nitriles is 1. The Morgan fingerprint density at radius 3 is 2.41 bits per heavy atom. The van der Waals surface area contributed by atoms with Gasteiger partial charge in [0, 0.05) is 13.1 Å². The molecule has 0 atom stereocenters. The first-order valence-electron chi connectivity index (χ1n) is 9.86. The van der Waals surface area contributed by atoms with E-state index in [0.717, 1.165) is 0 Å². The fraction of sp³-hybridized carbons (Fsp3) is 0.227. The first-order valence-corrected chi connectivity index (χ1v) is 11.3. The SMILES string of the molecule is CCN(CC)S(=O)(=O)c1ccc(C(=O)OCC(O)=C(C#N)c2nc3ccccc3[nH]2)cc1. The Morgan fingerprint density at radius 2 is 1.81 bits per heavy atom. The lowest BCUT2D eigenvalue weighted by atomic mass is 10.2. The van der Waals surface area contributed by atoms with Crippen molar-refractivity contribution in [3.05, 3.63) is 65.7 Å². The second-order valence-electron chi connectivity index (χ2n) is 6.73. The van der Waals surface area contributed by atoms with Crippen molar-refractivity contribution in [2.45, 2.75) is 18.7 Å². The van der Waals surface area contributed by atoms with Gasteiger partial charge in [0.2, 0.25) is 10.0 Å². The molecule has 1 aromatic heterocycles. The predicted molar refractivity (Wildman–Crippen MR) is 118 cm³/mol. The van der Waals surface area contributed by atoms with E-state index in [9.17, 15) is 23.6 Å². The Hall–Kier alpha value is -3.68. The largest absolute Gasteiger partial charge is 0.507 e. The van der Waals surface area contributed by atoms with Gasteiger partial charge < -0.3 is 14.8 Å². The Kier molecular flexibility index (Phi) is 6.92. The smallest absolute Gasteiger partial charge is 0.338 e. The molecule has 0 fully saturated rings. The molecule has 0 radical (unpaired) electrons. The highest BCUT2D eigenvalue weighted by molar-refractivity contribution is 7.89. The van der Waals surface area contributed by atoms with Gasteiger partial charge in [0.1, 0.15) is 18.2 Å². The van der Waals surface area contributed by atoms with Crippen molar-refractivity contribution in [2.75, 3.05) is 19.7 Å². The first-order chi connectivity index (χ1) is 15.3. The van der Waals surface area contributed by atoms with E-state index < -0.39 is 28.4 Å². The maximum absolute atomic E-state index is 12.5. The number of H-pyrrole nitrogens is 1. The van der Waals surface area contributed by atoms with Gasteiger partial charge in [-0.05, 0) is 36.4 Å². The number of hydrogen-bond donors (Lipinski definition) is 2. The molecule has 0 saturated heterocycles. The van der Waals surface area contributed by atoms with E-state index in [4.69, 9.17) is 4.74 Å². The fourth-order valence-corrected chi connectivity index (χ4v) is 4.55. The van der Waals surface area contributed by atoms with Crippen LogP contribution in [0, 0.1) is 11.3 Å². The Morgan fingerprint density at radius 1 is 1.16 bits per heavy atom. The zero-order chi connectivity index (χ0) is 23.3. The molecule has 0 bridgehead atoms. The molecule has 0 aliphatic carbocycles. The van der Waals surface area contributed by atoms with Crippen LogP contribution in [0.25, 0.3) is 16.6 Å². The van der Waals surface area contributed by atoms with E-state index in [1.807, 2.05) is 6.07 Å². The first kappa shape index (κ1) is 23.0. The number of carbonyl (C=O) groups excluding carboxylic acids is 1. The average Bonchev–Trinajstić information content (AvgIpc) is 3.22. The van der Waals surface area contributed by atoms with E-state index in [1.165, 1.54) is 28.6 Å². The molecule has 166 valence electrons. The summed E-state index contributed by atoms with van der Waals surface area (Å²) < 4.78 is 31.5. The number of carbonyl (C=O) groups is 1. The van der Waals surface area contributed by atoms with E-state index in [-0.39, 0.29) is 21.9 Å². The number of rotatable bonds is 8. The number of imidazole rings is 1. The molecule has 0 unspecified atom stereocenters. The highest BCUT2D eigenvalue weighted by atomic mass is 32.2. The number of nitrogens with one attached hydrogen (secondary N) is 1. The predicted octanol–water partition coefficient (Wildman–Crippen LogP) is 3.24. The molecular weight excluding hydrogens is 432 g/mol. The minimum atomic E-state index is -3.64. The Labute approximate surface area is 185 Å². The van der Waals surface area contributed by atoms with Crippen LogP contribution < -0.4 is 0 Å². The topological polar surface area (TPSA) is 136 Å². The monoisotopic (exact) mass is 454 g/mol. The highest BCUT2D eigenvalue weighted by Gasteiger charge is 2.22. The summed E-state index contributed by atoms with van der Waals surface area (Å²) >= 11 is 0. The zero-order valence-electron chi connectivity index (χ0n) is 17.6. The summed E-state index contributed by atoms with van der Waals surface area (Å²) in [5.74, 6) is -1.07. The number of nitrogens with zero attached hydrogens (tertiary/aromatic N) is 3. The summed E-state index contributed by atoms with van der Waals surface area (Å²) in [7, 11) is -3.64. The van der Waals surface area contributed by atoms with Crippen molar-refractivity contribution in [3.63, 3.8) is 0 Å². The molecule has 9 nitrogen and oxygen atoms in total. The molecule has 0 aliphatic heterocycles. The number of ether oxygens (including phenoxy) is 1. The molecule has 0 spiro atoms. The molecule has 1 heterocycles. The number of hydrogen-bond acceptors (Lipinski definition) is 7. The van der Waals surface area contributed by atoms with Crippen molar-refractivity contribution in [3.8, 4) is 6.07 Å². The van der Waals surface area contributed by atoms with Crippen LogP contribution >= 0.6 is 0 Å². The van der Waals surface area contributed by atoms with Gasteiger partial charge in [-0.1, -0.05) is 26.0 Å². The number of fused-ring (bicyclic) bond motifs is 1. The number of aliphatic hydroxyl groups is 1. The van der Waals surface area contributed by atoms with Crippen LogP contribution in [-0.4, -0.2) is 53.5 Å². The summed E-state index contributed by atoms with van der Waals surface area (Å²) in [5.41, 5.74) is 1.29. The lowest BCUT2D eigenvalue weighted by Crippen LogP contribution is -2.30. The van der Waals surface area contributed by atoms with Crippen molar-refractivity contribution < 1.29 is 23.1 Å². The van der Waals surface area contributed by atoms with Crippen LogP contribution in [0.3, 0.4) is 0 Å². The summed E-state index contributed by atoms with van der Waals surface area (Å²) in [6.07, 6.45) is 0. The minimum Gasteiger partial charge on any atom is -0.507 e. The molecule has 10 heteroatoms. The summed E-state index contributed by atoms with van der Waals surface area (Å²) in [4.78, 5) is 19.6. The van der Waals surface area contributed by atoms with Gasteiger partial charge in [0.05, 0.1) is 21.5 Å². The van der Waals surface area contributed by atoms with Crippen LogP contribution in [0.4, 0.5) is 0 Å². The van der Waals surface area contributed by atoms with Crippen molar-refractivity contribution >= 4 is 32.6 Å². The Balaban J connectivity index is 1.73. The second kappa shape index (κ2) is 9.64. The quantitative estimate of drug-likeness (QED) is 0.303. The van der Waals surface area contributed by atoms with Gasteiger partial charge >= 0.3 is 5.97 Å². The van der Waals surface area contributed by atoms with E-state index >= 15 is 0 Å². The minimum absolute atomic E-state index is 0.0668. The average molecular weight is 455 g/mol. The number of allylic oxidation sites excluding steroid dienone is 1. The number of benzene rings is 2. The third-order valence-corrected chi connectivity index (χ3v) is 6.86. The van der Waals surface area contributed by atoms with Crippen LogP contribution in [0.2, 0.25) is 0 Å². The Bertz CT molecular complexity index is 1270.